The summed E-state index contributed by atoms with van der Waals surface area (Å²) in [5.41, 5.74) is 9.22. The number of hydrogen-bond acceptors (Lipinski definition) is 6. The number of pyridine rings is 1. The predicted octanol–water partition coefficient (Wildman–Crippen LogP) is 3.95. The van der Waals surface area contributed by atoms with Crippen molar-refractivity contribution in [2.45, 2.75) is 25.7 Å². The number of carbonyl (C=O) groups is 1. The molecule has 3 N–H and O–H groups in total. The molecule has 28 heavy (non-hydrogen) atoms. The smallest absolute Gasteiger partial charge is 0.277 e. The highest BCUT2D eigenvalue weighted by atomic mass is 32.1. The van der Waals surface area contributed by atoms with Crippen molar-refractivity contribution >= 4 is 33.6 Å². The minimum Gasteiger partial charge on any atom is -0.389 e. The molecule has 1 aliphatic rings. The third-order valence-electron chi connectivity index (χ3n) is 4.85. The maximum Gasteiger partial charge on any atom is 0.277 e. The lowest BCUT2D eigenvalue weighted by Crippen LogP contribution is -2.30. The van der Waals surface area contributed by atoms with Crippen LogP contribution in [0.2, 0.25) is 0 Å². The lowest BCUT2D eigenvalue weighted by atomic mass is 10.1. The molecule has 1 fully saturated rings. The Morgan fingerprint density at radius 3 is 2.71 bits per heavy atom. The van der Waals surface area contributed by atoms with Crippen molar-refractivity contribution in [1.29, 1.82) is 0 Å². The number of hydrogen-bond donors (Lipinski definition) is 2. The largest absolute Gasteiger partial charge is 0.389 e. The number of nitrogen functional groups attached to an aromatic ring is 1. The van der Waals surface area contributed by atoms with E-state index >= 15 is 0 Å². The number of nitrogens with two attached hydrogens (primary N) is 1. The summed E-state index contributed by atoms with van der Waals surface area (Å²) >= 11 is 1.36. The summed E-state index contributed by atoms with van der Waals surface area (Å²) in [6.45, 7) is 1.99. The van der Waals surface area contributed by atoms with E-state index < -0.39 is 0 Å². The van der Waals surface area contributed by atoms with Crippen molar-refractivity contribution in [3.05, 3.63) is 65.1 Å². The molecule has 3 heterocycles. The Balaban J connectivity index is 1.51. The molecule has 3 aromatic rings. The minimum atomic E-state index is -0.292. The van der Waals surface area contributed by atoms with Crippen LogP contribution in [0, 0.1) is 0 Å². The average Bonchev–Trinajstić information content (AvgIpc) is 3.10. The van der Waals surface area contributed by atoms with E-state index in [-0.39, 0.29) is 11.6 Å². The molecule has 0 spiro atoms. The van der Waals surface area contributed by atoms with E-state index in [1.165, 1.54) is 17.8 Å². The fourth-order valence-corrected chi connectivity index (χ4v) is 4.33. The molecule has 1 saturated heterocycles. The van der Waals surface area contributed by atoms with E-state index in [0.29, 0.717) is 17.1 Å². The van der Waals surface area contributed by atoms with E-state index in [1.54, 1.807) is 12.4 Å². The maximum absolute atomic E-state index is 12.8. The van der Waals surface area contributed by atoms with Gasteiger partial charge < -0.3 is 16.0 Å². The molecule has 0 atom stereocenters. The van der Waals surface area contributed by atoms with E-state index in [4.69, 9.17) is 5.73 Å². The monoisotopic (exact) mass is 393 g/mol. The third kappa shape index (κ3) is 4.14. The van der Waals surface area contributed by atoms with Crippen molar-refractivity contribution < 1.29 is 4.79 Å². The van der Waals surface area contributed by atoms with Crippen LogP contribution in [-0.4, -0.2) is 29.0 Å². The lowest BCUT2D eigenvalue weighted by molar-refractivity contribution is 0.102. The number of carbonyl (C=O) groups excluding carboxylic acids is 1. The molecule has 4 rings (SSSR count). The number of amides is 1. The van der Waals surface area contributed by atoms with Gasteiger partial charge in [0, 0.05) is 25.7 Å². The zero-order valence-electron chi connectivity index (χ0n) is 15.6. The van der Waals surface area contributed by atoms with E-state index in [1.807, 2.05) is 36.4 Å². The molecule has 2 aromatic heterocycles. The number of thiazole rings is 1. The second-order valence-corrected chi connectivity index (χ2v) is 7.99. The zero-order valence-corrected chi connectivity index (χ0v) is 16.4. The molecular weight excluding hydrogens is 370 g/mol. The molecule has 0 unspecified atom stereocenters. The fourth-order valence-electron chi connectivity index (χ4n) is 3.46. The fraction of sp³-hybridized carbons (Fsp3) is 0.286. The highest BCUT2D eigenvalue weighted by Crippen LogP contribution is 2.29. The van der Waals surface area contributed by atoms with E-state index in [0.717, 1.165) is 42.2 Å². The first-order valence-corrected chi connectivity index (χ1v) is 10.3. The Hall–Kier alpha value is -2.93. The highest BCUT2D eigenvalue weighted by Gasteiger charge is 2.20. The number of nitrogens with one attached hydrogen (secondary N) is 1. The summed E-state index contributed by atoms with van der Waals surface area (Å²) in [5, 5.41) is 4.23. The standard InChI is InChI=1S/C21H23N5OS/c22-20-19(25-18(28-20)13-15-7-3-1-4-8-15)21(27)24-16-14-23-10-9-17(16)26-11-5-2-6-12-26/h1,3-4,7-10,14H,2,5-6,11-13,22H2,(H,24,27). The van der Waals surface area contributed by atoms with Gasteiger partial charge >= 0.3 is 0 Å². The van der Waals surface area contributed by atoms with Gasteiger partial charge in [0.2, 0.25) is 0 Å². The quantitative estimate of drug-likeness (QED) is 0.686. The van der Waals surface area contributed by atoms with Gasteiger partial charge in [0.1, 0.15) is 5.00 Å². The van der Waals surface area contributed by atoms with Gasteiger partial charge in [-0.2, -0.15) is 0 Å². The summed E-state index contributed by atoms with van der Waals surface area (Å²) in [5.74, 6) is -0.292. The van der Waals surface area contributed by atoms with Crippen LogP contribution in [0.4, 0.5) is 16.4 Å². The molecule has 0 saturated carbocycles. The highest BCUT2D eigenvalue weighted by molar-refractivity contribution is 7.16. The summed E-state index contributed by atoms with van der Waals surface area (Å²) < 4.78 is 0. The maximum atomic E-state index is 12.8. The van der Waals surface area contributed by atoms with Crippen LogP contribution in [0.5, 0.6) is 0 Å². The second-order valence-electron chi connectivity index (χ2n) is 6.88. The Morgan fingerprint density at radius 2 is 1.93 bits per heavy atom. The first-order chi connectivity index (χ1) is 13.7. The van der Waals surface area contributed by atoms with Crippen LogP contribution in [0.25, 0.3) is 0 Å². The number of aromatic nitrogens is 2. The molecule has 6 nitrogen and oxygen atoms in total. The molecular formula is C21H23N5OS. The van der Waals surface area contributed by atoms with Crippen LogP contribution in [-0.2, 0) is 6.42 Å². The summed E-state index contributed by atoms with van der Waals surface area (Å²) in [6, 6.07) is 12.0. The summed E-state index contributed by atoms with van der Waals surface area (Å²) in [7, 11) is 0. The van der Waals surface area contributed by atoms with Gasteiger partial charge in [-0.25, -0.2) is 4.98 Å². The van der Waals surface area contributed by atoms with Crippen LogP contribution in [0.3, 0.4) is 0 Å². The SMILES string of the molecule is Nc1sc(Cc2ccccc2)nc1C(=O)Nc1cnccc1N1CCCCC1. The van der Waals surface area contributed by atoms with Crippen molar-refractivity contribution in [2.75, 3.05) is 29.0 Å². The van der Waals surface area contributed by atoms with Gasteiger partial charge in [0.25, 0.3) is 5.91 Å². The molecule has 0 bridgehead atoms. The van der Waals surface area contributed by atoms with Crippen LogP contribution >= 0.6 is 11.3 Å². The summed E-state index contributed by atoms with van der Waals surface area (Å²) in [6.07, 6.45) is 7.69. The molecule has 1 aliphatic heterocycles. The van der Waals surface area contributed by atoms with Crippen LogP contribution in [0.1, 0.15) is 40.3 Å². The van der Waals surface area contributed by atoms with Crippen molar-refractivity contribution in [3.8, 4) is 0 Å². The molecule has 1 amide bonds. The van der Waals surface area contributed by atoms with Gasteiger partial charge in [0.05, 0.1) is 22.6 Å². The van der Waals surface area contributed by atoms with Gasteiger partial charge in [-0.15, -0.1) is 11.3 Å². The normalized spacial score (nSPS) is 14.1. The van der Waals surface area contributed by atoms with Crippen molar-refractivity contribution in [1.82, 2.24) is 9.97 Å². The van der Waals surface area contributed by atoms with Crippen molar-refractivity contribution in [3.63, 3.8) is 0 Å². The van der Waals surface area contributed by atoms with Crippen molar-refractivity contribution in [2.24, 2.45) is 0 Å². The number of benzene rings is 1. The Morgan fingerprint density at radius 1 is 1.14 bits per heavy atom. The Bertz CT molecular complexity index is 950. The predicted molar refractivity (Wildman–Crippen MR) is 114 cm³/mol. The average molecular weight is 394 g/mol. The number of anilines is 3. The molecule has 0 aliphatic carbocycles. The van der Waals surface area contributed by atoms with Gasteiger partial charge in [-0.3, -0.25) is 9.78 Å². The Labute approximate surface area is 168 Å². The lowest BCUT2D eigenvalue weighted by Gasteiger charge is -2.30. The summed E-state index contributed by atoms with van der Waals surface area (Å²) in [4.78, 5) is 23.8. The van der Waals surface area contributed by atoms with Gasteiger partial charge in [0.15, 0.2) is 5.69 Å². The first kappa shape index (κ1) is 18.4. The number of rotatable bonds is 5. The molecule has 0 radical (unpaired) electrons. The van der Waals surface area contributed by atoms with Crippen LogP contribution in [0.15, 0.2) is 48.8 Å². The Kier molecular flexibility index (Phi) is 5.53. The topological polar surface area (TPSA) is 84.1 Å². The van der Waals surface area contributed by atoms with E-state index in [9.17, 15) is 4.79 Å². The first-order valence-electron chi connectivity index (χ1n) is 9.50. The second kappa shape index (κ2) is 8.39. The van der Waals surface area contributed by atoms with E-state index in [2.05, 4.69) is 20.2 Å². The molecule has 144 valence electrons. The van der Waals surface area contributed by atoms with Gasteiger partial charge in [-0.1, -0.05) is 30.3 Å². The van der Waals surface area contributed by atoms with Crippen LogP contribution < -0.4 is 16.0 Å². The molecule has 7 heteroatoms. The number of piperidine rings is 1. The van der Waals surface area contributed by atoms with Gasteiger partial charge in [-0.05, 0) is 30.9 Å². The molecule has 1 aromatic carbocycles. The minimum absolute atomic E-state index is 0.282. The number of nitrogens with zero attached hydrogens (tertiary/aromatic N) is 3. The zero-order chi connectivity index (χ0) is 19.3. The third-order valence-corrected chi connectivity index (χ3v) is 5.74.